The first-order chi connectivity index (χ1) is 14.1. The van der Waals surface area contributed by atoms with Gasteiger partial charge in [-0.3, -0.25) is 14.7 Å². The fraction of sp³-hybridized carbons (Fsp3) is 0.227. The van der Waals surface area contributed by atoms with Gasteiger partial charge in [0.25, 0.3) is 11.8 Å². The summed E-state index contributed by atoms with van der Waals surface area (Å²) in [5.41, 5.74) is 2.83. The number of carbonyl (C=O) groups excluding carboxylic acids is 2. The summed E-state index contributed by atoms with van der Waals surface area (Å²) >= 11 is 3.42. The first-order valence-corrected chi connectivity index (χ1v) is 10.4. The molecule has 0 atom stereocenters. The Kier molecular flexibility index (Phi) is 5.76. The Morgan fingerprint density at radius 2 is 1.72 bits per heavy atom. The number of H-pyrrole nitrogens is 1. The molecule has 7 heteroatoms. The van der Waals surface area contributed by atoms with Crippen molar-refractivity contribution in [1.29, 1.82) is 0 Å². The Hall–Kier alpha value is -2.93. The number of benzene rings is 2. The Morgan fingerprint density at radius 1 is 1.03 bits per heavy atom. The molecule has 0 bridgehead atoms. The van der Waals surface area contributed by atoms with Crippen molar-refractivity contribution in [2.24, 2.45) is 0 Å². The predicted octanol–water partition coefficient (Wildman–Crippen LogP) is 3.87. The van der Waals surface area contributed by atoms with Gasteiger partial charge in [-0.05, 0) is 43.2 Å². The van der Waals surface area contributed by atoms with E-state index in [0.29, 0.717) is 24.3 Å². The number of piperidine rings is 1. The van der Waals surface area contributed by atoms with Crippen LogP contribution in [0.4, 0.5) is 0 Å². The van der Waals surface area contributed by atoms with Crippen molar-refractivity contribution in [1.82, 2.24) is 20.4 Å². The third kappa shape index (κ3) is 4.56. The minimum absolute atomic E-state index is 0.0614. The van der Waals surface area contributed by atoms with E-state index in [2.05, 4.69) is 31.4 Å². The van der Waals surface area contributed by atoms with E-state index in [9.17, 15) is 9.59 Å². The van der Waals surface area contributed by atoms with Crippen LogP contribution in [0.2, 0.25) is 0 Å². The van der Waals surface area contributed by atoms with Crippen molar-refractivity contribution in [3.05, 3.63) is 76.4 Å². The molecule has 1 aliphatic rings. The summed E-state index contributed by atoms with van der Waals surface area (Å²) in [6, 6.07) is 18.8. The van der Waals surface area contributed by atoms with Crippen LogP contribution in [0.25, 0.3) is 11.3 Å². The second-order valence-corrected chi connectivity index (χ2v) is 8.00. The minimum atomic E-state index is -0.0666. The summed E-state index contributed by atoms with van der Waals surface area (Å²) in [5.74, 6) is -0.128. The molecule has 3 aromatic rings. The van der Waals surface area contributed by atoms with Crippen LogP contribution in [0, 0.1) is 0 Å². The molecule has 1 saturated heterocycles. The number of aromatic amines is 1. The molecule has 0 spiro atoms. The van der Waals surface area contributed by atoms with E-state index in [1.165, 1.54) is 0 Å². The van der Waals surface area contributed by atoms with E-state index in [1.54, 1.807) is 18.2 Å². The fourth-order valence-corrected chi connectivity index (χ4v) is 3.72. The number of hydrogen-bond acceptors (Lipinski definition) is 3. The Labute approximate surface area is 177 Å². The molecule has 148 valence electrons. The van der Waals surface area contributed by atoms with Gasteiger partial charge in [-0.25, -0.2) is 0 Å². The molecule has 0 saturated carbocycles. The van der Waals surface area contributed by atoms with E-state index in [-0.39, 0.29) is 17.9 Å². The third-order valence-corrected chi connectivity index (χ3v) is 5.63. The summed E-state index contributed by atoms with van der Waals surface area (Å²) in [6.45, 7) is 1.20. The van der Waals surface area contributed by atoms with Gasteiger partial charge in [0.15, 0.2) is 0 Å². The lowest BCUT2D eigenvalue weighted by Gasteiger charge is -2.32. The summed E-state index contributed by atoms with van der Waals surface area (Å²) < 4.78 is 0.996. The van der Waals surface area contributed by atoms with Gasteiger partial charge in [0.05, 0.1) is 5.69 Å². The molecule has 2 heterocycles. The first kappa shape index (κ1) is 19.4. The number of amides is 2. The van der Waals surface area contributed by atoms with Gasteiger partial charge in [-0.15, -0.1) is 0 Å². The molecule has 4 rings (SSSR count). The SMILES string of the molecule is O=C(NC1CCN(C(=O)c2cc(-c3ccc(Br)cc3)n[nH]2)CC1)c1ccccc1. The van der Waals surface area contributed by atoms with Gasteiger partial charge in [0, 0.05) is 34.7 Å². The van der Waals surface area contributed by atoms with Crippen LogP contribution < -0.4 is 5.32 Å². The molecule has 1 fully saturated rings. The van der Waals surface area contributed by atoms with Gasteiger partial charge in [0.2, 0.25) is 0 Å². The monoisotopic (exact) mass is 452 g/mol. The van der Waals surface area contributed by atoms with Crippen LogP contribution in [-0.4, -0.2) is 46.0 Å². The number of carbonyl (C=O) groups is 2. The standard InChI is InChI=1S/C22H21BrN4O2/c23-17-8-6-15(7-9-17)19-14-20(26-25-19)22(29)27-12-10-18(11-13-27)24-21(28)16-4-2-1-3-5-16/h1-9,14,18H,10-13H2,(H,24,28)(H,25,26). The topological polar surface area (TPSA) is 78.1 Å². The number of aromatic nitrogens is 2. The molecule has 1 aromatic heterocycles. The molecule has 1 aliphatic heterocycles. The summed E-state index contributed by atoms with van der Waals surface area (Å²) in [4.78, 5) is 26.9. The molecule has 2 N–H and O–H groups in total. The first-order valence-electron chi connectivity index (χ1n) is 9.57. The highest BCUT2D eigenvalue weighted by Crippen LogP contribution is 2.22. The van der Waals surface area contributed by atoms with E-state index < -0.39 is 0 Å². The van der Waals surface area contributed by atoms with E-state index in [4.69, 9.17) is 0 Å². The molecule has 2 amide bonds. The molecule has 0 aliphatic carbocycles. The van der Waals surface area contributed by atoms with Crippen LogP contribution in [-0.2, 0) is 0 Å². The Bertz CT molecular complexity index is 993. The maximum Gasteiger partial charge on any atom is 0.271 e. The molecule has 0 radical (unpaired) electrons. The smallest absolute Gasteiger partial charge is 0.271 e. The summed E-state index contributed by atoms with van der Waals surface area (Å²) in [7, 11) is 0. The van der Waals surface area contributed by atoms with Crippen LogP contribution in [0.3, 0.4) is 0 Å². The highest BCUT2D eigenvalue weighted by Gasteiger charge is 2.26. The summed E-state index contributed by atoms with van der Waals surface area (Å²) in [5, 5.41) is 10.2. The second kappa shape index (κ2) is 8.61. The zero-order chi connectivity index (χ0) is 20.2. The number of hydrogen-bond donors (Lipinski definition) is 2. The lowest BCUT2D eigenvalue weighted by molar-refractivity contribution is 0.0692. The normalized spacial score (nSPS) is 14.6. The Balaban J connectivity index is 1.33. The van der Waals surface area contributed by atoms with E-state index in [1.807, 2.05) is 47.4 Å². The highest BCUT2D eigenvalue weighted by molar-refractivity contribution is 9.10. The number of likely N-dealkylation sites (tertiary alicyclic amines) is 1. The fourth-order valence-electron chi connectivity index (χ4n) is 3.46. The number of nitrogens with one attached hydrogen (secondary N) is 2. The minimum Gasteiger partial charge on any atom is -0.349 e. The van der Waals surface area contributed by atoms with E-state index in [0.717, 1.165) is 28.6 Å². The van der Waals surface area contributed by atoms with Gasteiger partial charge in [0.1, 0.15) is 5.69 Å². The molecule has 6 nitrogen and oxygen atoms in total. The number of halogens is 1. The van der Waals surface area contributed by atoms with E-state index >= 15 is 0 Å². The zero-order valence-electron chi connectivity index (χ0n) is 15.8. The van der Waals surface area contributed by atoms with Crippen LogP contribution in [0.5, 0.6) is 0 Å². The van der Waals surface area contributed by atoms with Crippen LogP contribution in [0.15, 0.2) is 65.1 Å². The van der Waals surface area contributed by atoms with Gasteiger partial charge >= 0.3 is 0 Å². The number of nitrogens with zero attached hydrogens (tertiary/aromatic N) is 2. The Morgan fingerprint density at radius 3 is 2.41 bits per heavy atom. The average molecular weight is 453 g/mol. The molecule has 29 heavy (non-hydrogen) atoms. The second-order valence-electron chi connectivity index (χ2n) is 7.08. The van der Waals surface area contributed by atoms with Crippen molar-refractivity contribution < 1.29 is 9.59 Å². The largest absolute Gasteiger partial charge is 0.349 e. The predicted molar refractivity (Wildman–Crippen MR) is 115 cm³/mol. The van der Waals surface area contributed by atoms with Gasteiger partial charge in [-0.1, -0.05) is 46.3 Å². The zero-order valence-corrected chi connectivity index (χ0v) is 17.4. The molecule has 0 unspecified atom stereocenters. The van der Waals surface area contributed by atoms with Crippen molar-refractivity contribution >= 4 is 27.7 Å². The lowest BCUT2D eigenvalue weighted by atomic mass is 10.0. The lowest BCUT2D eigenvalue weighted by Crippen LogP contribution is -2.46. The van der Waals surface area contributed by atoms with Crippen molar-refractivity contribution in [3.8, 4) is 11.3 Å². The third-order valence-electron chi connectivity index (χ3n) is 5.10. The molecular formula is C22H21BrN4O2. The highest BCUT2D eigenvalue weighted by atomic mass is 79.9. The maximum absolute atomic E-state index is 12.8. The number of rotatable bonds is 4. The van der Waals surface area contributed by atoms with Crippen LogP contribution >= 0.6 is 15.9 Å². The van der Waals surface area contributed by atoms with Crippen molar-refractivity contribution in [2.75, 3.05) is 13.1 Å². The van der Waals surface area contributed by atoms with Crippen LogP contribution in [0.1, 0.15) is 33.7 Å². The molecule has 2 aromatic carbocycles. The van der Waals surface area contributed by atoms with Crippen molar-refractivity contribution in [2.45, 2.75) is 18.9 Å². The van der Waals surface area contributed by atoms with Crippen molar-refractivity contribution in [3.63, 3.8) is 0 Å². The molecular weight excluding hydrogens is 432 g/mol. The maximum atomic E-state index is 12.8. The quantitative estimate of drug-likeness (QED) is 0.630. The van der Waals surface area contributed by atoms with Gasteiger partial charge < -0.3 is 10.2 Å². The summed E-state index contributed by atoms with van der Waals surface area (Å²) in [6.07, 6.45) is 1.47. The average Bonchev–Trinajstić information content (AvgIpc) is 3.25. The van der Waals surface area contributed by atoms with Gasteiger partial charge in [-0.2, -0.15) is 5.10 Å².